The number of carbonyl (C=O) groups excluding carboxylic acids is 2. The summed E-state index contributed by atoms with van der Waals surface area (Å²) in [5.74, 6) is -1.28. The molecule has 31 heavy (non-hydrogen) atoms. The molecule has 1 atom stereocenters. The van der Waals surface area contributed by atoms with Crippen LogP contribution < -0.4 is 0 Å². The van der Waals surface area contributed by atoms with Gasteiger partial charge in [-0.3, -0.25) is 14.6 Å². The summed E-state index contributed by atoms with van der Waals surface area (Å²) in [7, 11) is 1.62. The number of rotatable bonds is 6. The van der Waals surface area contributed by atoms with Crippen LogP contribution in [0.4, 0.5) is 4.39 Å². The molecule has 4 rings (SSSR count). The van der Waals surface area contributed by atoms with Crippen molar-refractivity contribution in [1.82, 2.24) is 14.9 Å². The first kappa shape index (κ1) is 20.9. The van der Waals surface area contributed by atoms with E-state index in [1.54, 1.807) is 13.1 Å². The lowest BCUT2D eigenvalue weighted by atomic mass is 9.83. The Balaban J connectivity index is 1.78. The monoisotopic (exact) mass is 421 g/mol. The van der Waals surface area contributed by atoms with Gasteiger partial charge in [0.25, 0.3) is 0 Å². The van der Waals surface area contributed by atoms with Crippen LogP contribution >= 0.6 is 0 Å². The Labute approximate surface area is 179 Å². The summed E-state index contributed by atoms with van der Waals surface area (Å²) in [5.41, 5.74) is 3.87. The highest BCUT2D eigenvalue weighted by molar-refractivity contribution is 6.04. The van der Waals surface area contributed by atoms with E-state index in [0.717, 1.165) is 17.3 Å². The normalized spacial score (nSPS) is 15.6. The van der Waals surface area contributed by atoms with E-state index in [0.29, 0.717) is 35.4 Å². The summed E-state index contributed by atoms with van der Waals surface area (Å²) >= 11 is 0. The van der Waals surface area contributed by atoms with Crippen LogP contribution in [0, 0.1) is 11.7 Å². The SMILES string of the molecule is CN(CCO)C(=O)C1CC(=O)c2c([nH]c(-c3ccncc3F)c2Cc2ccccc2)C1. The standard InChI is InChI=1S/C24H24FN3O3/c1-28(9-10-29)24(31)16-12-20-22(21(30)13-16)18(11-15-5-3-2-4-6-15)23(27-20)17-7-8-26-14-19(17)25/h2-8,14,16,27,29H,9-13H2,1H3. The molecule has 1 unspecified atom stereocenters. The minimum Gasteiger partial charge on any atom is -0.395 e. The van der Waals surface area contributed by atoms with Crippen molar-refractivity contribution in [2.24, 2.45) is 5.92 Å². The number of H-pyrrole nitrogens is 1. The van der Waals surface area contributed by atoms with Gasteiger partial charge in [0, 0.05) is 55.9 Å². The van der Waals surface area contributed by atoms with Crippen molar-refractivity contribution in [1.29, 1.82) is 0 Å². The first-order chi connectivity index (χ1) is 15.0. The zero-order valence-corrected chi connectivity index (χ0v) is 17.3. The van der Waals surface area contributed by atoms with E-state index in [4.69, 9.17) is 5.11 Å². The second-order valence-corrected chi connectivity index (χ2v) is 7.86. The maximum atomic E-state index is 14.6. The van der Waals surface area contributed by atoms with E-state index in [1.807, 2.05) is 30.3 Å². The number of nitrogens with one attached hydrogen (secondary N) is 1. The number of Topliss-reactive ketones (excluding diaryl/α,β-unsaturated/α-hetero) is 1. The minimum absolute atomic E-state index is 0.0967. The Morgan fingerprint density at radius 2 is 2.03 bits per heavy atom. The largest absolute Gasteiger partial charge is 0.395 e. The van der Waals surface area contributed by atoms with Gasteiger partial charge in [-0.2, -0.15) is 0 Å². The molecule has 0 aliphatic heterocycles. The van der Waals surface area contributed by atoms with E-state index < -0.39 is 11.7 Å². The summed E-state index contributed by atoms with van der Waals surface area (Å²) in [6.07, 6.45) is 3.60. The van der Waals surface area contributed by atoms with Crippen LogP contribution in [-0.4, -0.2) is 51.9 Å². The second kappa shape index (κ2) is 8.81. The van der Waals surface area contributed by atoms with Crippen molar-refractivity contribution in [3.05, 3.63) is 77.0 Å². The molecule has 1 amide bonds. The van der Waals surface area contributed by atoms with Gasteiger partial charge in [-0.15, -0.1) is 0 Å². The number of fused-ring (bicyclic) bond motifs is 1. The maximum absolute atomic E-state index is 14.6. The third kappa shape index (κ3) is 4.14. The second-order valence-electron chi connectivity index (χ2n) is 7.86. The van der Waals surface area contributed by atoms with Crippen LogP contribution in [0.15, 0.2) is 48.8 Å². The number of pyridine rings is 1. The van der Waals surface area contributed by atoms with E-state index in [9.17, 15) is 14.0 Å². The van der Waals surface area contributed by atoms with Gasteiger partial charge < -0.3 is 15.0 Å². The minimum atomic E-state index is -0.505. The van der Waals surface area contributed by atoms with E-state index in [2.05, 4.69) is 9.97 Å². The summed E-state index contributed by atoms with van der Waals surface area (Å²) in [6, 6.07) is 11.3. The van der Waals surface area contributed by atoms with Gasteiger partial charge >= 0.3 is 0 Å². The summed E-state index contributed by atoms with van der Waals surface area (Å²) in [5, 5.41) is 9.12. The van der Waals surface area contributed by atoms with Crippen LogP contribution in [0.2, 0.25) is 0 Å². The van der Waals surface area contributed by atoms with Gasteiger partial charge in [0.15, 0.2) is 11.6 Å². The van der Waals surface area contributed by atoms with Gasteiger partial charge in [-0.1, -0.05) is 30.3 Å². The molecule has 0 saturated heterocycles. The number of hydrogen-bond acceptors (Lipinski definition) is 4. The molecule has 0 radical (unpaired) electrons. The molecule has 0 saturated carbocycles. The van der Waals surface area contributed by atoms with Gasteiger partial charge in [0.05, 0.1) is 24.4 Å². The number of aliphatic hydroxyl groups excluding tert-OH is 1. The van der Waals surface area contributed by atoms with Crippen LogP contribution in [-0.2, 0) is 17.6 Å². The lowest BCUT2D eigenvalue weighted by Gasteiger charge is -2.26. The number of hydrogen-bond donors (Lipinski definition) is 2. The van der Waals surface area contributed by atoms with Gasteiger partial charge in [0.2, 0.25) is 5.91 Å². The average molecular weight is 421 g/mol. The highest BCUT2D eigenvalue weighted by Gasteiger charge is 2.36. The van der Waals surface area contributed by atoms with Crippen LogP contribution in [0.25, 0.3) is 11.3 Å². The number of amides is 1. The Bertz CT molecular complexity index is 1110. The highest BCUT2D eigenvalue weighted by Crippen LogP contribution is 2.37. The number of likely N-dealkylation sites (N-methyl/N-ethyl adjacent to an activating group) is 1. The quantitative estimate of drug-likeness (QED) is 0.641. The zero-order chi connectivity index (χ0) is 22.0. The van der Waals surface area contributed by atoms with Crippen LogP contribution in [0.3, 0.4) is 0 Å². The lowest BCUT2D eigenvalue weighted by Crippen LogP contribution is -2.38. The summed E-state index contributed by atoms with van der Waals surface area (Å²) < 4.78 is 14.6. The van der Waals surface area contributed by atoms with Crippen molar-refractivity contribution in [3.8, 4) is 11.3 Å². The molecule has 2 N–H and O–H groups in total. The van der Waals surface area contributed by atoms with Crippen LogP contribution in [0.5, 0.6) is 0 Å². The fourth-order valence-corrected chi connectivity index (χ4v) is 4.26. The van der Waals surface area contributed by atoms with Crippen LogP contribution in [0.1, 0.15) is 33.6 Å². The molecule has 0 bridgehead atoms. The Kier molecular flexibility index (Phi) is 5.95. The summed E-state index contributed by atoms with van der Waals surface area (Å²) in [4.78, 5) is 34.4. The van der Waals surface area contributed by atoms with Crippen molar-refractivity contribution in [2.45, 2.75) is 19.3 Å². The molecule has 3 aromatic rings. The topological polar surface area (TPSA) is 86.3 Å². The Morgan fingerprint density at radius 1 is 1.26 bits per heavy atom. The third-order valence-electron chi connectivity index (χ3n) is 5.77. The highest BCUT2D eigenvalue weighted by atomic mass is 19.1. The molecule has 0 fully saturated rings. The number of aromatic nitrogens is 2. The van der Waals surface area contributed by atoms with E-state index in [1.165, 1.54) is 11.1 Å². The molecule has 1 aliphatic rings. The fraction of sp³-hybridized carbons (Fsp3) is 0.292. The molecule has 2 aromatic heterocycles. The van der Waals surface area contributed by atoms with E-state index >= 15 is 0 Å². The smallest absolute Gasteiger partial charge is 0.226 e. The third-order valence-corrected chi connectivity index (χ3v) is 5.77. The predicted octanol–water partition coefficient (Wildman–Crippen LogP) is 3.00. The zero-order valence-electron chi connectivity index (χ0n) is 17.3. The molecule has 7 heteroatoms. The number of benzene rings is 1. The van der Waals surface area contributed by atoms with Crippen molar-refractivity contribution >= 4 is 11.7 Å². The van der Waals surface area contributed by atoms with Gasteiger partial charge in [0.1, 0.15) is 0 Å². The number of halogens is 1. The number of aliphatic hydroxyl groups is 1. The number of ketones is 1. The number of carbonyl (C=O) groups is 2. The molecular weight excluding hydrogens is 397 g/mol. The molecule has 2 heterocycles. The Hall–Kier alpha value is -3.32. The molecule has 0 spiro atoms. The average Bonchev–Trinajstić information content (AvgIpc) is 3.13. The summed E-state index contributed by atoms with van der Waals surface area (Å²) in [6.45, 7) is 0.0805. The Morgan fingerprint density at radius 3 is 2.74 bits per heavy atom. The molecule has 1 aromatic carbocycles. The van der Waals surface area contributed by atoms with E-state index in [-0.39, 0.29) is 31.3 Å². The number of nitrogens with zero attached hydrogens (tertiary/aromatic N) is 2. The molecule has 1 aliphatic carbocycles. The first-order valence-electron chi connectivity index (χ1n) is 10.3. The van der Waals surface area contributed by atoms with Gasteiger partial charge in [-0.25, -0.2) is 4.39 Å². The lowest BCUT2D eigenvalue weighted by molar-refractivity contribution is -0.134. The first-order valence-corrected chi connectivity index (χ1v) is 10.3. The predicted molar refractivity (Wildman–Crippen MR) is 114 cm³/mol. The van der Waals surface area contributed by atoms with Crippen molar-refractivity contribution < 1.29 is 19.1 Å². The fourth-order valence-electron chi connectivity index (χ4n) is 4.26. The van der Waals surface area contributed by atoms with Crippen molar-refractivity contribution in [2.75, 3.05) is 20.2 Å². The van der Waals surface area contributed by atoms with Crippen molar-refractivity contribution in [3.63, 3.8) is 0 Å². The number of aromatic amines is 1. The molecule has 160 valence electrons. The van der Waals surface area contributed by atoms with Gasteiger partial charge in [-0.05, 0) is 17.2 Å². The molecular formula is C24H24FN3O3. The molecule has 6 nitrogen and oxygen atoms in total. The maximum Gasteiger partial charge on any atom is 0.226 e.